The first-order chi connectivity index (χ1) is 14.1. The summed E-state index contributed by atoms with van der Waals surface area (Å²) < 4.78 is 7.58. The Hall–Kier alpha value is -2.50. The van der Waals surface area contributed by atoms with Gasteiger partial charge in [0.1, 0.15) is 5.75 Å². The molecule has 1 aromatic heterocycles. The number of aromatic nitrogens is 2. The van der Waals surface area contributed by atoms with Gasteiger partial charge in [-0.25, -0.2) is 0 Å². The normalized spacial score (nSPS) is 15.6. The lowest BCUT2D eigenvalue weighted by atomic mass is 9.93. The third-order valence-corrected chi connectivity index (χ3v) is 5.57. The first-order valence-electron chi connectivity index (χ1n) is 9.56. The van der Waals surface area contributed by atoms with Gasteiger partial charge in [0.15, 0.2) is 6.61 Å². The summed E-state index contributed by atoms with van der Waals surface area (Å²) in [6.07, 6.45) is 4.72. The van der Waals surface area contributed by atoms with Crippen LogP contribution in [0, 0.1) is 0 Å². The van der Waals surface area contributed by atoms with Crippen molar-refractivity contribution in [1.29, 1.82) is 0 Å². The van der Waals surface area contributed by atoms with Gasteiger partial charge in [0.25, 0.3) is 5.91 Å². The average Bonchev–Trinajstić information content (AvgIpc) is 3.13. The second-order valence-electron chi connectivity index (χ2n) is 7.07. The zero-order chi connectivity index (χ0) is 20.2. The molecule has 1 amide bonds. The SMILES string of the molecule is O=C(COc1cc(Cl)ccc1Cl)NC1CCCc2c1cnn2Cc1ccccc1. The summed E-state index contributed by atoms with van der Waals surface area (Å²) in [5.74, 6) is 0.198. The van der Waals surface area contributed by atoms with Gasteiger partial charge in [-0.1, -0.05) is 53.5 Å². The van der Waals surface area contributed by atoms with E-state index in [-0.39, 0.29) is 18.6 Å². The molecule has 1 aliphatic carbocycles. The third kappa shape index (κ3) is 4.74. The Morgan fingerprint density at radius 2 is 2.03 bits per heavy atom. The molecular formula is C22H21Cl2N3O2. The van der Waals surface area contributed by atoms with Crippen LogP contribution in [0.4, 0.5) is 0 Å². The molecule has 29 heavy (non-hydrogen) atoms. The van der Waals surface area contributed by atoms with E-state index in [1.807, 2.05) is 29.1 Å². The van der Waals surface area contributed by atoms with Gasteiger partial charge in [-0.2, -0.15) is 5.10 Å². The van der Waals surface area contributed by atoms with Crippen LogP contribution in [0.25, 0.3) is 0 Å². The van der Waals surface area contributed by atoms with Crippen molar-refractivity contribution in [1.82, 2.24) is 15.1 Å². The van der Waals surface area contributed by atoms with Gasteiger partial charge >= 0.3 is 0 Å². The fourth-order valence-electron chi connectivity index (χ4n) is 3.63. The number of nitrogens with zero attached hydrogens (tertiary/aromatic N) is 2. The molecular weight excluding hydrogens is 409 g/mol. The molecule has 1 aliphatic rings. The van der Waals surface area contributed by atoms with Crippen LogP contribution in [0.2, 0.25) is 10.0 Å². The molecule has 0 aliphatic heterocycles. The van der Waals surface area contributed by atoms with Crippen LogP contribution in [0.1, 0.15) is 35.7 Å². The molecule has 0 radical (unpaired) electrons. The molecule has 0 saturated carbocycles. The largest absolute Gasteiger partial charge is 0.482 e. The smallest absolute Gasteiger partial charge is 0.258 e. The van der Waals surface area contributed by atoms with Crippen LogP contribution in [0.15, 0.2) is 54.7 Å². The van der Waals surface area contributed by atoms with E-state index < -0.39 is 0 Å². The first kappa shape index (κ1) is 19.8. The highest BCUT2D eigenvalue weighted by atomic mass is 35.5. The molecule has 4 rings (SSSR count). The van der Waals surface area contributed by atoms with Crippen LogP contribution < -0.4 is 10.1 Å². The lowest BCUT2D eigenvalue weighted by Crippen LogP contribution is -2.34. The molecule has 1 heterocycles. The Morgan fingerprint density at radius 3 is 2.86 bits per heavy atom. The predicted molar refractivity (Wildman–Crippen MR) is 114 cm³/mol. The Kier molecular flexibility index (Phi) is 6.07. The van der Waals surface area contributed by atoms with E-state index in [4.69, 9.17) is 27.9 Å². The molecule has 150 valence electrons. The van der Waals surface area contributed by atoms with Crippen LogP contribution in [0.5, 0.6) is 5.75 Å². The molecule has 3 aromatic rings. The maximum atomic E-state index is 12.4. The molecule has 1 unspecified atom stereocenters. The predicted octanol–water partition coefficient (Wildman–Crippen LogP) is 4.81. The number of nitrogens with one attached hydrogen (secondary N) is 1. The van der Waals surface area contributed by atoms with Crippen molar-refractivity contribution < 1.29 is 9.53 Å². The van der Waals surface area contributed by atoms with E-state index in [1.54, 1.807) is 18.2 Å². The molecule has 7 heteroatoms. The fourth-order valence-corrected chi connectivity index (χ4v) is 3.96. The molecule has 0 spiro atoms. The minimum Gasteiger partial charge on any atom is -0.482 e. The van der Waals surface area contributed by atoms with Crippen molar-refractivity contribution in [3.63, 3.8) is 0 Å². The number of hydrogen-bond acceptors (Lipinski definition) is 3. The zero-order valence-electron chi connectivity index (χ0n) is 15.8. The standard InChI is InChI=1S/C22H21Cl2N3O2/c23-16-9-10-18(24)21(11-16)29-14-22(28)26-19-7-4-8-20-17(19)12-25-27(20)13-15-5-2-1-3-6-15/h1-3,5-6,9-12,19H,4,7-8,13-14H2,(H,26,28). The average molecular weight is 430 g/mol. The maximum absolute atomic E-state index is 12.4. The van der Waals surface area contributed by atoms with E-state index in [9.17, 15) is 4.79 Å². The van der Waals surface area contributed by atoms with E-state index in [1.165, 1.54) is 11.3 Å². The van der Waals surface area contributed by atoms with Crippen LogP contribution >= 0.6 is 23.2 Å². The summed E-state index contributed by atoms with van der Waals surface area (Å²) in [5.41, 5.74) is 3.47. The highest BCUT2D eigenvalue weighted by Crippen LogP contribution is 2.30. The zero-order valence-corrected chi connectivity index (χ0v) is 17.3. The second kappa shape index (κ2) is 8.89. The van der Waals surface area contributed by atoms with E-state index in [0.717, 1.165) is 31.4 Å². The Bertz CT molecular complexity index is 1000. The molecule has 0 bridgehead atoms. The van der Waals surface area contributed by atoms with Crippen molar-refractivity contribution in [2.75, 3.05) is 6.61 Å². The highest BCUT2D eigenvalue weighted by molar-refractivity contribution is 6.34. The van der Waals surface area contributed by atoms with Gasteiger partial charge in [-0.3, -0.25) is 9.48 Å². The monoisotopic (exact) mass is 429 g/mol. The third-order valence-electron chi connectivity index (χ3n) is 5.03. The summed E-state index contributed by atoms with van der Waals surface area (Å²) >= 11 is 12.0. The number of carbonyl (C=O) groups excluding carboxylic acids is 1. The summed E-state index contributed by atoms with van der Waals surface area (Å²) in [6, 6.07) is 15.1. The number of carbonyl (C=O) groups is 1. The topological polar surface area (TPSA) is 56.1 Å². The molecule has 5 nitrogen and oxygen atoms in total. The minimum atomic E-state index is -0.199. The number of amides is 1. The Labute approximate surface area is 179 Å². The van der Waals surface area contributed by atoms with Crippen molar-refractivity contribution in [2.45, 2.75) is 31.8 Å². The first-order valence-corrected chi connectivity index (χ1v) is 10.3. The summed E-state index contributed by atoms with van der Waals surface area (Å²) in [7, 11) is 0. The number of fused-ring (bicyclic) bond motifs is 1. The lowest BCUT2D eigenvalue weighted by Gasteiger charge is -2.24. The second-order valence-corrected chi connectivity index (χ2v) is 7.91. The molecule has 0 saturated heterocycles. The van der Waals surface area contributed by atoms with E-state index >= 15 is 0 Å². The molecule has 2 aromatic carbocycles. The van der Waals surface area contributed by atoms with Gasteiger partial charge in [-0.15, -0.1) is 0 Å². The Balaban J connectivity index is 1.40. The van der Waals surface area contributed by atoms with E-state index in [2.05, 4.69) is 22.5 Å². The van der Waals surface area contributed by atoms with Crippen LogP contribution in [0.3, 0.4) is 0 Å². The van der Waals surface area contributed by atoms with Gasteiger partial charge in [0, 0.05) is 22.3 Å². The van der Waals surface area contributed by atoms with Gasteiger partial charge in [0.2, 0.25) is 0 Å². The van der Waals surface area contributed by atoms with Crippen molar-refractivity contribution >= 4 is 29.1 Å². The summed E-state index contributed by atoms with van der Waals surface area (Å²) in [5, 5.41) is 8.56. The molecule has 1 atom stereocenters. The van der Waals surface area contributed by atoms with Crippen molar-refractivity contribution in [3.8, 4) is 5.75 Å². The van der Waals surface area contributed by atoms with Crippen LogP contribution in [-0.2, 0) is 17.8 Å². The van der Waals surface area contributed by atoms with E-state index in [0.29, 0.717) is 15.8 Å². The minimum absolute atomic E-state index is 0.0609. The number of halogens is 2. The fraction of sp³-hybridized carbons (Fsp3) is 0.273. The quantitative estimate of drug-likeness (QED) is 0.611. The Morgan fingerprint density at radius 1 is 1.21 bits per heavy atom. The summed E-state index contributed by atoms with van der Waals surface area (Å²) in [6.45, 7) is 0.608. The highest BCUT2D eigenvalue weighted by Gasteiger charge is 2.25. The molecule has 1 N–H and O–H groups in total. The lowest BCUT2D eigenvalue weighted by molar-refractivity contribution is -0.123. The van der Waals surface area contributed by atoms with Crippen LogP contribution in [-0.4, -0.2) is 22.3 Å². The van der Waals surface area contributed by atoms with Crippen molar-refractivity contribution in [2.24, 2.45) is 0 Å². The van der Waals surface area contributed by atoms with Gasteiger partial charge in [0.05, 0.1) is 23.8 Å². The summed E-state index contributed by atoms with van der Waals surface area (Å²) in [4.78, 5) is 12.4. The van der Waals surface area contributed by atoms with Crippen molar-refractivity contribution in [3.05, 3.63) is 81.6 Å². The molecule has 0 fully saturated rings. The number of rotatable bonds is 6. The number of ether oxygens (including phenoxy) is 1. The number of hydrogen-bond donors (Lipinski definition) is 1. The van der Waals surface area contributed by atoms with Gasteiger partial charge < -0.3 is 10.1 Å². The number of benzene rings is 2. The maximum Gasteiger partial charge on any atom is 0.258 e. The van der Waals surface area contributed by atoms with Gasteiger partial charge in [-0.05, 0) is 37.0 Å².